The smallest absolute Gasteiger partial charge is 0.406 e. The van der Waals surface area contributed by atoms with Gasteiger partial charge in [-0.15, -0.1) is 13.2 Å². The summed E-state index contributed by atoms with van der Waals surface area (Å²) < 4.78 is 43.5. The van der Waals surface area contributed by atoms with Crippen LogP contribution in [0.1, 0.15) is 27.2 Å². The molecule has 3 heterocycles. The van der Waals surface area contributed by atoms with Gasteiger partial charge in [-0.3, -0.25) is 9.59 Å². The zero-order valence-electron chi connectivity index (χ0n) is 21.2. The topological polar surface area (TPSA) is 66.8 Å². The molecule has 2 aromatic carbocycles. The summed E-state index contributed by atoms with van der Waals surface area (Å²) >= 11 is 0. The molecule has 1 N–H and O–H groups in total. The third-order valence-electron chi connectivity index (χ3n) is 6.97. The Morgan fingerprint density at radius 1 is 1.03 bits per heavy atom. The molecule has 0 unspecified atom stereocenters. The van der Waals surface area contributed by atoms with E-state index in [9.17, 15) is 22.8 Å². The first-order valence-electron chi connectivity index (χ1n) is 12.2. The number of alkyl halides is 3. The van der Waals surface area contributed by atoms with E-state index in [4.69, 9.17) is 0 Å². The van der Waals surface area contributed by atoms with Crippen molar-refractivity contribution < 1.29 is 27.5 Å². The Kier molecular flexibility index (Phi) is 6.52. The number of anilines is 1. The number of carbonyl (C=O) groups excluding carboxylic acids is 2. The number of halogens is 3. The van der Waals surface area contributed by atoms with E-state index in [-0.39, 0.29) is 17.6 Å². The summed E-state index contributed by atoms with van der Waals surface area (Å²) in [6.07, 6.45) is -1.24. The molecule has 0 bridgehead atoms. The number of piperazine rings is 1. The van der Waals surface area contributed by atoms with Gasteiger partial charge in [0.25, 0.3) is 11.8 Å². The van der Waals surface area contributed by atoms with E-state index < -0.39 is 6.36 Å². The van der Waals surface area contributed by atoms with Crippen LogP contribution < -0.4 is 10.1 Å². The van der Waals surface area contributed by atoms with Crippen LogP contribution >= 0.6 is 0 Å². The van der Waals surface area contributed by atoms with Crippen molar-refractivity contribution in [3.8, 4) is 16.9 Å². The van der Waals surface area contributed by atoms with E-state index in [1.807, 2.05) is 38.1 Å². The van der Waals surface area contributed by atoms with Crippen LogP contribution in [0.25, 0.3) is 22.9 Å². The van der Waals surface area contributed by atoms with Gasteiger partial charge >= 0.3 is 6.36 Å². The number of carbonyl (C=O) groups is 2. The van der Waals surface area contributed by atoms with Crippen molar-refractivity contribution in [3.05, 3.63) is 71.0 Å². The molecule has 7 nitrogen and oxygen atoms in total. The van der Waals surface area contributed by atoms with Gasteiger partial charge in [-0.2, -0.15) is 0 Å². The Hall–Kier alpha value is -4.05. The summed E-state index contributed by atoms with van der Waals surface area (Å²) in [5.74, 6) is -0.652. The highest BCUT2D eigenvalue weighted by Crippen LogP contribution is 2.40. The minimum Gasteiger partial charge on any atom is -0.406 e. The fourth-order valence-electron chi connectivity index (χ4n) is 5.00. The van der Waals surface area contributed by atoms with Crippen LogP contribution in [0.3, 0.4) is 0 Å². The monoisotopic (exact) mass is 524 g/mol. The predicted octanol–water partition coefficient (Wildman–Crippen LogP) is 5.01. The minimum atomic E-state index is -4.78. The van der Waals surface area contributed by atoms with Gasteiger partial charge < -0.3 is 24.4 Å². The second-order valence-corrected chi connectivity index (χ2v) is 9.57. The number of nitrogens with one attached hydrogen (secondary N) is 1. The van der Waals surface area contributed by atoms with E-state index in [1.54, 1.807) is 22.9 Å². The van der Waals surface area contributed by atoms with Crippen molar-refractivity contribution in [3.63, 3.8) is 0 Å². The fourth-order valence-corrected chi connectivity index (χ4v) is 5.00. The van der Waals surface area contributed by atoms with E-state index in [1.165, 1.54) is 24.3 Å². The number of hydrogen-bond donors (Lipinski definition) is 1. The average Bonchev–Trinajstić information content (AvgIpc) is 3.33. The van der Waals surface area contributed by atoms with E-state index in [0.717, 1.165) is 24.3 Å². The standard InChI is InChI=1S/C28H27F3N4O3/c1-17-15-35(18(2)24(17)27(37)34-13-11-33(3)12-14-34)16-22-25-21(5-4-6-23(25)32-26(22)36)19-7-9-20(10-8-19)38-28(29,30)31/h4-10,15-16H,11-14H2,1-3H3,(H,32,36). The molecule has 2 amide bonds. The molecule has 0 atom stereocenters. The molecule has 2 aliphatic rings. The molecule has 0 spiro atoms. The Morgan fingerprint density at radius 3 is 2.37 bits per heavy atom. The summed E-state index contributed by atoms with van der Waals surface area (Å²) in [5, 5.41) is 2.87. The second-order valence-electron chi connectivity index (χ2n) is 9.57. The normalized spacial score (nSPS) is 17.1. The third-order valence-corrected chi connectivity index (χ3v) is 6.97. The van der Waals surface area contributed by atoms with Gasteiger partial charge in [0, 0.05) is 55.5 Å². The molecule has 3 aromatic rings. The van der Waals surface area contributed by atoms with Gasteiger partial charge in [-0.1, -0.05) is 24.3 Å². The molecular weight excluding hydrogens is 497 g/mol. The van der Waals surface area contributed by atoms with Gasteiger partial charge in [-0.05, 0) is 55.8 Å². The van der Waals surface area contributed by atoms with Gasteiger partial charge in [-0.25, -0.2) is 0 Å². The number of ether oxygens (including phenoxy) is 1. The maximum Gasteiger partial charge on any atom is 0.573 e. The molecule has 1 saturated heterocycles. The average molecular weight is 525 g/mol. The number of likely N-dealkylation sites (N-methyl/N-ethyl adjacent to an activating group) is 1. The largest absolute Gasteiger partial charge is 0.573 e. The van der Waals surface area contributed by atoms with Gasteiger partial charge in [0.1, 0.15) is 5.75 Å². The molecule has 0 saturated carbocycles. The molecular formula is C28H27F3N4O3. The van der Waals surface area contributed by atoms with Crippen molar-refractivity contribution in [2.24, 2.45) is 0 Å². The zero-order chi connectivity index (χ0) is 27.2. The number of rotatable bonds is 4. The lowest BCUT2D eigenvalue weighted by molar-refractivity contribution is -0.274. The highest BCUT2D eigenvalue weighted by molar-refractivity contribution is 6.35. The van der Waals surface area contributed by atoms with Crippen LogP contribution in [0, 0.1) is 13.8 Å². The van der Waals surface area contributed by atoms with Crippen molar-refractivity contribution in [1.82, 2.24) is 14.4 Å². The Labute approximate surface area is 218 Å². The molecule has 2 aliphatic heterocycles. The third kappa shape index (κ3) is 4.91. The SMILES string of the molecule is Cc1cn(C=C2C(=O)Nc3cccc(-c4ccc(OC(F)(F)F)cc4)c32)c(C)c1C(=O)N1CCN(C)CC1. The van der Waals surface area contributed by atoms with Crippen LogP contribution in [0.4, 0.5) is 18.9 Å². The Morgan fingerprint density at radius 2 is 1.71 bits per heavy atom. The number of nitrogens with zero attached hydrogens (tertiary/aromatic N) is 3. The van der Waals surface area contributed by atoms with E-state index in [0.29, 0.717) is 46.6 Å². The van der Waals surface area contributed by atoms with Crippen LogP contribution in [-0.4, -0.2) is 65.8 Å². The lowest BCUT2D eigenvalue weighted by Crippen LogP contribution is -2.47. The predicted molar refractivity (Wildman–Crippen MR) is 139 cm³/mol. The molecule has 1 aromatic heterocycles. The summed E-state index contributed by atoms with van der Waals surface area (Å²) in [6, 6.07) is 10.9. The van der Waals surface area contributed by atoms with E-state index >= 15 is 0 Å². The highest BCUT2D eigenvalue weighted by Gasteiger charge is 2.32. The number of amides is 2. The lowest BCUT2D eigenvalue weighted by atomic mass is 9.95. The van der Waals surface area contributed by atoms with Crippen LogP contribution in [0.5, 0.6) is 5.75 Å². The fraction of sp³-hybridized carbons (Fsp3) is 0.286. The molecule has 38 heavy (non-hydrogen) atoms. The summed E-state index contributed by atoms with van der Waals surface area (Å²) in [4.78, 5) is 30.4. The van der Waals surface area contributed by atoms with Crippen molar-refractivity contribution in [2.75, 3.05) is 38.5 Å². The first-order chi connectivity index (χ1) is 18.0. The highest BCUT2D eigenvalue weighted by atomic mass is 19.4. The summed E-state index contributed by atoms with van der Waals surface area (Å²) in [5.41, 5.74) is 5.11. The maximum absolute atomic E-state index is 13.3. The minimum absolute atomic E-state index is 0.0246. The van der Waals surface area contributed by atoms with Crippen LogP contribution in [-0.2, 0) is 4.79 Å². The Balaban J connectivity index is 1.50. The first kappa shape index (κ1) is 25.6. The Bertz CT molecular complexity index is 1430. The quantitative estimate of drug-likeness (QED) is 0.488. The number of aryl methyl sites for hydroxylation is 1. The number of aromatic nitrogens is 1. The van der Waals surface area contributed by atoms with Crippen LogP contribution in [0.15, 0.2) is 48.7 Å². The van der Waals surface area contributed by atoms with Gasteiger partial charge in [0.2, 0.25) is 0 Å². The molecule has 0 radical (unpaired) electrons. The van der Waals surface area contributed by atoms with Crippen LogP contribution in [0.2, 0.25) is 0 Å². The molecule has 10 heteroatoms. The molecule has 0 aliphatic carbocycles. The lowest BCUT2D eigenvalue weighted by Gasteiger charge is -2.32. The second kappa shape index (κ2) is 9.68. The molecule has 198 valence electrons. The number of benzene rings is 2. The molecule has 5 rings (SSSR count). The van der Waals surface area contributed by atoms with Crippen molar-refractivity contribution >= 4 is 29.3 Å². The number of fused-ring (bicyclic) bond motifs is 1. The van der Waals surface area contributed by atoms with Gasteiger partial charge in [0.15, 0.2) is 0 Å². The maximum atomic E-state index is 13.3. The zero-order valence-corrected chi connectivity index (χ0v) is 21.2. The van der Waals surface area contributed by atoms with Crippen molar-refractivity contribution in [2.45, 2.75) is 20.2 Å². The van der Waals surface area contributed by atoms with E-state index in [2.05, 4.69) is 15.0 Å². The van der Waals surface area contributed by atoms with Gasteiger partial charge in [0.05, 0.1) is 11.1 Å². The molecule has 1 fully saturated rings. The number of hydrogen-bond acceptors (Lipinski definition) is 4. The summed E-state index contributed by atoms with van der Waals surface area (Å²) in [7, 11) is 2.03. The van der Waals surface area contributed by atoms with Crippen molar-refractivity contribution in [1.29, 1.82) is 0 Å². The summed E-state index contributed by atoms with van der Waals surface area (Å²) in [6.45, 7) is 6.69. The first-order valence-corrected chi connectivity index (χ1v) is 12.2.